The van der Waals surface area contributed by atoms with Crippen molar-refractivity contribution in [2.45, 2.75) is 44.4 Å². The van der Waals surface area contributed by atoms with Gasteiger partial charge in [-0.2, -0.15) is 13.2 Å². The average molecular weight is 254 g/mol. The van der Waals surface area contributed by atoms with Gasteiger partial charge in [-0.05, 0) is 31.7 Å². The second-order valence-electron chi connectivity index (χ2n) is 4.72. The molecule has 3 N–H and O–H groups in total. The number of halogens is 3. The van der Waals surface area contributed by atoms with Gasteiger partial charge in [0.15, 0.2) is 0 Å². The van der Waals surface area contributed by atoms with E-state index < -0.39 is 18.3 Å². The maximum atomic E-state index is 13.0. The van der Waals surface area contributed by atoms with Crippen molar-refractivity contribution in [2.24, 2.45) is 11.7 Å². The van der Waals surface area contributed by atoms with E-state index in [0.29, 0.717) is 32.4 Å². The Bertz CT molecular complexity index is 235. The molecular weight excluding hydrogens is 233 g/mol. The van der Waals surface area contributed by atoms with Gasteiger partial charge in [0.25, 0.3) is 0 Å². The van der Waals surface area contributed by atoms with E-state index in [-0.39, 0.29) is 12.5 Å². The molecular formula is C11H21F3N2O. The molecule has 0 radical (unpaired) electrons. The molecule has 6 heteroatoms. The van der Waals surface area contributed by atoms with Crippen molar-refractivity contribution in [3.05, 3.63) is 0 Å². The van der Waals surface area contributed by atoms with Gasteiger partial charge in [-0.15, -0.1) is 0 Å². The molecule has 0 aromatic rings. The van der Waals surface area contributed by atoms with E-state index in [0.717, 1.165) is 0 Å². The molecule has 0 amide bonds. The van der Waals surface area contributed by atoms with E-state index in [2.05, 4.69) is 0 Å². The molecule has 3 unspecified atom stereocenters. The van der Waals surface area contributed by atoms with Crippen LogP contribution in [0, 0.1) is 5.92 Å². The fraction of sp³-hybridized carbons (Fsp3) is 1.00. The van der Waals surface area contributed by atoms with Gasteiger partial charge in [-0.1, -0.05) is 6.92 Å². The van der Waals surface area contributed by atoms with Crippen LogP contribution in [0.15, 0.2) is 0 Å². The van der Waals surface area contributed by atoms with Gasteiger partial charge < -0.3 is 10.8 Å². The van der Waals surface area contributed by atoms with Gasteiger partial charge in [0.05, 0.1) is 0 Å². The molecule has 1 aliphatic rings. The molecule has 0 aliphatic carbocycles. The van der Waals surface area contributed by atoms with Crippen molar-refractivity contribution in [3.8, 4) is 0 Å². The van der Waals surface area contributed by atoms with E-state index >= 15 is 0 Å². The summed E-state index contributed by atoms with van der Waals surface area (Å²) in [7, 11) is 0. The smallest absolute Gasteiger partial charge is 0.396 e. The SMILES string of the molecule is CCC(N)C(N1CCC(CCO)C1)C(F)(F)F. The van der Waals surface area contributed by atoms with Crippen molar-refractivity contribution in [1.29, 1.82) is 0 Å². The maximum absolute atomic E-state index is 13.0. The Morgan fingerprint density at radius 2 is 2.12 bits per heavy atom. The number of likely N-dealkylation sites (tertiary alicyclic amines) is 1. The molecule has 0 spiro atoms. The first-order valence-corrected chi connectivity index (χ1v) is 6.07. The summed E-state index contributed by atoms with van der Waals surface area (Å²) in [6, 6.07) is -2.42. The minimum Gasteiger partial charge on any atom is -0.396 e. The summed E-state index contributed by atoms with van der Waals surface area (Å²) < 4.78 is 38.9. The third-order valence-electron chi connectivity index (χ3n) is 3.46. The van der Waals surface area contributed by atoms with Gasteiger partial charge in [-0.25, -0.2) is 0 Å². The lowest BCUT2D eigenvalue weighted by molar-refractivity contribution is -0.187. The van der Waals surface area contributed by atoms with E-state index in [9.17, 15) is 13.2 Å². The predicted octanol–water partition coefficient (Wildman–Crippen LogP) is 1.36. The average Bonchev–Trinajstić information content (AvgIpc) is 2.64. The molecule has 0 bridgehead atoms. The van der Waals surface area contributed by atoms with Crippen LogP contribution < -0.4 is 5.73 Å². The van der Waals surface area contributed by atoms with Gasteiger partial charge >= 0.3 is 6.18 Å². The molecule has 0 saturated carbocycles. The molecule has 1 rings (SSSR count). The fourth-order valence-corrected chi connectivity index (χ4v) is 2.48. The van der Waals surface area contributed by atoms with Crippen molar-refractivity contribution in [2.75, 3.05) is 19.7 Å². The Morgan fingerprint density at radius 1 is 1.47 bits per heavy atom. The molecule has 17 heavy (non-hydrogen) atoms. The lowest BCUT2D eigenvalue weighted by Gasteiger charge is -2.33. The van der Waals surface area contributed by atoms with Crippen LogP contribution in [0.25, 0.3) is 0 Å². The highest BCUT2D eigenvalue weighted by molar-refractivity contribution is 4.91. The molecule has 1 saturated heterocycles. The first-order chi connectivity index (χ1) is 7.90. The molecule has 0 aromatic carbocycles. The third kappa shape index (κ3) is 3.82. The van der Waals surface area contributed by atoms with Crippen LogP contribution in [-0.2, 0) is 0 Å². The molecule has 3 nitrogen and oxygen atoms in total. The second-order valence-corrected chi connectivity index (χ2v) is 4.72. The van der Waals surface area contributed by atoms with E-state index in [1.54, 1.807) is 6.92 Å². The highest BCUT2D eigenvalue weighted by atomic mass is 19.4. The Balaban J connectivity index is 2.66. The van der Waals surface area contributed by atoms with Gasteiger partial charge in [0, 0.05) is 19.2 Å². The lowest BCUT2D eigenvalue weighted by atomic mass is 10.0. The largest absolute Gasteiger partial charge is 0.405 e. The van der Waals surface area contributed by atoms with Crippen LogP contribution in [-0.4, -0.2) is 48.0 Å². The molecule has 1 fully saturated rings. The quantitative estimate of drug-likeness (QED) is 0.779. The zero-order valence-electron chi connectivity index (χ0n) is 10.1. The fourth-order valence-electron chi connectivity index (χ4n) is 2.48. The molecule has 1 aliphatic heterocycles. The standard InChI is InChI=1S/C11H21F3N2O/c1-2-9(15)10(11(12,13)14)16-5-3-8(7-16)4-6-17/h8-10,17H,2-7,15H2,1H3. The first kappa shape index (κ1) is 14.7. The molecule has 0 aromatic heterocycles. The summed E-state index contributed by atoms with van der Waals surface area (Å²) in [5.74, 6) is 0.161. The Labute approximate surface area is 99.8 Å². The number of rotatable bonds is 5. The summed E-state index contributed by atoms with van der Waals surface area (Å²) >= 11 is 0. The van der Waals surface area contributed by atoms with Crippen LogP contribution in [0.4, 0.5) is 13.2 Å². The molecule has 102 valence electrons. The Kier molecular flexibility index (Phi) is 5.22. The zero-order chi connectivity index (χ0) is 13.1. The zero-order valence-corrected chi connectivity index (χ0v) is 10.1. The minimum absolute atomic E-state index is 0.0367. The lowest BCUT2D eigenvalue weighted by Crippen LogP contribution is -2.55. The Morgan fingerprint density at radius 3 is 2.59 bits per heavy atom. The van der Waals surface area contributed by atoms with Crippen molar-refractivity contribution >= 4 is 0 Å². The number of alkyl halides is 3. The van der Waals surface area contributed by atoms with E-state index in [1.165, 1.54) is 4.90 Å². The number of nitrogens with two attached hydrogens (primary N) is 1. The van der Waals surface area contributed by atoms with Gasteiger partial charge in [0.1, 0.15) is 6.04 Å². The highest BCUT2D eigenvalue weighted by Gasteiger charge is 2.48. The normalized spacial score (nSPS) is 26.1. The number of hydrogen-bond donors (Lipinski definition) is 2. The van der Waals surface area contributed by atoms with Crippen LogP contribution >= 0.6 is 0 Å². The number of hydrogen-bond acceptors (Lipinski definition) is 3. The van der Waals surface area contributed by atoms with E-state index in [4.69, 9.17) is 10.8 Å². The van der Waals surface area contributed by atoms with Crippen LogP contribution in [0.3, 0.4) is 0 Å². The Hall–Kier alpha value is -0.330. The van der Waals surface area contributed by atoms with Gasteiger partial charge in [-0.3, -0.25) is 4.90 Å². The van der Waals surface area contributed by atoms with Crippen LogP contribution in [0.5, 0.6) is 0 Å². The summed E-state index contributed by atoms with van der Waals surface area (Å²) in [5.41, 5.74) is 5.59. The van der Waals surface area contributed by atoms with E-state index in [1.807, 2.05) is 0 Å². The minimum atomic E-state index is -4.27. The summed E-state index contributed by atoms with van der Waals surface area (Å²) in [5, 5.41) is 8.80. The molecule has 3 atom stereocenters. The highest BCUT2D eigenvalue weighted by Crippen LogP contribution is 2.32. The second kappa shape index (κ2) is 6.02. The number of aliphatic hydroxyl groups is 1. The molecule has 1 heterocycles. The summed E-state index contributed by atoms with van der Waals surface area (Å²) in [6.45, 7) is 2.51. The summed E-state index contributed by atoms with van der Waals surface area (Å²) in [4.78, 5) is 1.43. The van der Waals surface area contributed by atoms with Crippen molar-refractivity contribution < 1.29 is 18.3 Å². The van der Waals surface area contributed by atoms with Crippen molar-refractivity contribution in [3.63, 3.8) is 0 Å². The summed E-state index contributed by atoms with van der Waals surface area (Å²) in [6.07, 6.45) is -2.68. The monoisotopic (exact) mass is 254 g/mol. The van der Waals surface area contributed by atoms with Gasteiger partial charge in [0.2, 0.25) is 0 Å². The van der Waals surface area contributed by atoms with Crippen molar-refractivity contribution in [1.82, 2.24) is 4.90 Å². The predicted molar refractivity (Wildman–Crippen MR) is 59.5 cm³/mol. The van der Waals surface area contributed by atoms with Crippen LogP contribution in [0.2, 0.25) is 0 Å². The number of aliphatic hydroxyl groups excluding tert-OH is 1. The number of nitrogens with zero attached hydrogens (tertiary/aromatic N) is 1. The topological polar surface area (TPSA) is 49.5 Å². The van der Waals surface area contributed by atoms with Crippen LogP contribution in [0.1, 0.15) is 26.2 Å². The third-order valence-corrected chi connectivity index (χ3v) is 3.46. The first-order valence-electron chi connectivity index (χ1n) is 6.07. The maximum Gasteiger partial charge on any atom is 0.405 e.